The van der Waals surface area contributed by atoms with Crippen LogP contribution in [0.25, 0.3) is 5.69 Å². The fourth-order valence-electron chi connectivity index (χ4n) is 2.81. The quantitative estimate of drug-likeness (QED) is 0.931. The number of hydrogen-bond donors (Lipinski definition) is 1. The van der Waals surface area contributed by atoms with Crippen LogP contribution in [0.4, 0.5) is 0 Å². The zero-order chi connectivity index (χ0) is 14.9. The van der Waals surface area contributed by atoms with Crippen molar-refractivity contribution in [3.63, 3.8) is 0 Å². The second kappa shape index (κ2) is 5.33. The number of carbonyl (C=O) groups excluding carboxylic acids is 1. The summed E-state index contributed by atoms with van der Waals surface area (Å²) >= 11 is 0. The van der Waals surface area contributed by atoms with E-state index in [2.05, 4.69) is 5.10 Å². The number of para-hydroxylation sites is 1. The number of hydrogen-bond acceptors (Lipinski definition) is 3. The van der Waals surface area contributed by atoms with Crippen LogP contribution in [0.3, 0.4) is 0 Å². The molecule has 1 aromatic carbocycles. The lowest BCUT2D eigenvalue weighted by atomic mass is 9.75. The van der Waals surface area contributed by atoms with Gasteiger partial charge in [-0.2, -0.15) is 5.10 Å². The summed E-state index contributed by atoms with van der Waals surface area (Å²) in [6.45, 7) is 0.509. The van der Waals surface area contributed by atoms with E-state index in [1.165, 1.54) is 0 Å². The first-order chi connectivity index (χ1) is 10.2. The zero-order valence-electron chi connectivity index (χ0n) is 12.2. The predicted octanol–water partition coefficient (Wildman–Crippen LogP) is 1.83. The minimum absolute atomic E-state index is 0.0603. The third-order valence-corrected chi connectivity index (χ3v) is 4.51. The molecule has 0 radical (unpaired) electrons. The summed E-state index contributed by atoms with van der Waals surface area (Å²) in [5, 5.41) is 4.39. The molecular weight excluding hydrogens is 264 g/mol. The Morgan fingerprint density at radius 3 is 2.62 bits per heavy atom. The first kappa shape index (κ1) is 13.8. The van der Waals surface area contributed by atoms with Crippen LogP contribution in [-0.4, -0.2) is 39.7 Å². The van der Waals surface area contributed by atoms with Crippen molar-refractivity contribution in [3.05, 3.63) is 48.3 Å². The lowest BCUT2D eigenvalue weighted by Gasteiger charge is -2.47. The lowest BCUT2D eigenvalue weighted by Crippen LogP contribution is -2.58. The molecule has 0 bridgehead atoms. The van der Waals surface area contributed by atoms with Crippen LogP contribution in [0.5, 0.6) is 0 Å². The zero-order valence-corrected chi connectivity index (χ0v) is 12.2. The molecule has 1 heterocycles. The molecule has 1 fully saturated rings. The van der Waals surface area contributed by atoms with Crippen molar-refractivity contribution in [2.75, 3.05) is 13.6 Å². The second-order valence-electron chi connectivity index (χ2n) is 5.63. The minimum Gasteiger partial charge on any atom is -0.333 e. The molecule has 110 valence electrons. The van der Waals surface area contributed by atoms with Crippen LogP contribution in [0.2, 0.25) is 0 Å². The van der Waals surface area contributed by atoms with Gasteiger partial charge in [-0.15, -0.1) is 0 Å². The number of carbonyl (C=O) groups is 1. The molecule has 1 aliphatic carbocycles. The van der Waals surface area contributed by atoms with Crippen molar-refractivity contribution < 1.29 is 4.79 Å². The van der Waals surface area contributed by atoms with E-state index in [4.69, 9.17) is 5.73 Å². The number of rotatable bonds is 4. The first-order valence-corrected chi connectivity index (χ1v) is 7.26. The van der Waals surface area contributed by atoms with Gasteiger partial charge < -0.3 is 10.6 Å². The molecule has 0 spiro atoms. The van der Waals surface area contributed by atoms with E-state index < -0.39 is 0 Å². The second-order valence-corrected chi connectivity index (χ2v) is 5.63. The molecule has 0 saturated heterocycles. The Morgan fingerprint density at radius 2 is 2.05 bits per heavy atom. The predicted molar refractivity (Wildman–Crippen MR) is 81.3 cm³/mol. The van der Waals surface area contributed by atoms with Crippen LogP contribution in [0.15, 0.2) is 42.6 Å². The van der Waals surface area contributed by atoms with Crippen LogP contribution >= 0.6 is 0 Å². The molecular formula is C16H20N4O. The average Bonchev–Trinajstić information content (AvgIpc) is 2.96. The van der Waals surface area contributed by atoms with Crippen LogP contribution in [0, 0.1) is 0 Å². The minimum atomic E-state index is -0.173. The van der Waals surface area contributed by atoms with Crippen molar-refractivity contribution in [2.45, 2.75) is 24.8 Å². The van der Waals surface area contributed by atoms with E-state index in [0.29, 0.717) is 12.2 Å². The molecule has 2 N–H and O–H groups in total. The van der Waals surface area contributed by atoms with Crippen molar-refractivity contribution in [2.24, 2.45) is 5.73 Å². The number of aromatic nitrogens is 2. The van der Waals surface area contributed by atoms with Gasteiger partial charge in [0.15, 0.2) is 5.69 Å². The van der Waals surface area contributed by atoms with Crippen molar-refractivity contribution in [3.8, 4) is 5.69 Å². The van der Waals surface area contributed by atoms with Gasteiger partial charge in [0, 0.05) is 19.8 Å². The van der Waals surface area contributed by atoms with Crippen molar-refractivity contribution in [1.82, 2.24) is 14.7 Å². The fraction of sp³-hybridized carbons (Fsp3) is 0.375. The fourth-order valence-corrected chi connectivity index (χ4v) is 2.81. The summed E-state index contributed by atoms with van der Waals surface area (Å²) in [6.07, 6.45) is 4.90. The van der Waals surface area contributed by atoms with Gasteiger partial charge in [0.05, 0.1) is 11.2 Å². The highest BCUT2D eigenvalue weighted by Crippen LogP contribution is 2.36. The van der Waals surface area contributed by atoms with Gasteiger partial charge in [-0.05, 0) is 37.5 Å². The molecule has 0 unspecified atom stereocenters. The molecule has 1 amide bonds. The van der Waals surface area contributed by atoms with Crippen LogP contribution in [-0.2, 0) is 0 Å². The Balaban J connectivity index is 1.81. The van der Waals surface area contributed by atoms with Gasteiger partial charge in [0.25, 0.3) is 5.91 Å². The first-order valence-electron chi connectivity index (χ1n) is 7.26. The van der Waals surface area contributed by atoms with Gasteiger partial charge >= 0.3 is 0 Å². The molecule has 1 saturated carbocycles. The maximum absolute atomic E-state index is 12.6. The largest absolute Gasteiger partial charge is 0.333 e. The molecule has 21 heavy (non-hydrogen) atoms. The summed E-state index contributed by atoms with van der Waals surface area (Å²) in [7, 11) is 1.83. The summed E-state index contributed by atoms with van der Waals surface area (Å²) in [5.74, 6) is -0.0603. The Kier molecular flexibility index (Phi) is 3.51. The number of nitrogens with two attached hydrogens (primary N) is 1. The van der Waals surface area contributed by atoms with E-state index in [1.807, 2.05) is 43.6 Å². The third-order valence-electron chi connectivity index (χ3n) is 4.51. The highest BCUT2D eigenvalue weighted by atomic mass is 16.2. The van der Waals surface area contributed by atoms with E-state index in [-0.39, 0.29) is 11.4 Å². The highest BCUT2D eigenvalue weighted by molar-refractivity contribution is 5.92. The Bertz CT molecular complexity index is 625. The Hall–Kier alpha value is -2.14. The highest BCUT2D eigenvalue weighted by Gasteiger charge is 2.42. The van der Waals surface area contributed by atoms with Crippen molar-refractivity contribution >= 4 is 5.91 Å². The number of amides is 1. The Morgan fingerprint density at radius 1 is 1.33 bits per heavy atom. The summed E-state index contributed by atoms with van der Waals surface area (Å²) in [4.78, 5) is 14.4. The average molecular weight is 284 g/mol. The van der Waals surface area contributed by atoms with Gasteiger partial charge in [-0.1, -0.05) is 18.2 Å². The van der Waals surface area contributed by atoms with Crippen LogP contribution in [0.1, 0.15) is 29.8 Å². The third kappa shape index (κ3) is 2.34. The van der Waals surface area contributed by atoms with Gasteiger partial charge in [-0.25, -0.2) is 4.68 Å². The molecule has 5 nitrogen and oxygen atoms in total. The summed E-state index contributed by atoms with van der Waals surface area (Å²) in [5.41, 5.74) is 7.09. The number of likely N-dealkylation sites (N-methyl/N-ethyl adjacent to an activating group) is 1. The van der Waals surface area contributed by atoms with Crippen molar-refractivity contribution in [1.29, 1.82) is 0 Å². The molecule has 3 rings (SSSR count). The van der Waals surface area contributed by atoms with E-state index >= 15 is 0 Å². The number of nitrogens with zero attached hydrogens (tertiary/aromatic N) is 3. The standard InChI is InChI=1S/C16H20N4O/c1-19(16(12-17)9-5-10-16)15(21)14-8-11-20(18-14)13-6-3-2-4-7-13/h2-4,6-8,11H,5,9-10,12,17H2,1H3. The lowest BCUT2D eigenvalue weighted by molar-refractivity contribution is 0.0316. The monoisotopic (exact) mass is 284 g/mol. The molecule has 5 heteroatoms. The maximum atomic E-state index is 12.6. The number of benzene rings is 1. The SMILES string of the molecule is CN(C(=O)c1ccn(-c2ccccc2)n1)C1(CN)CCC1. The Labute approximate surface area is 124 Å². The maximum Gasteiger partial charge on any atom is 0.274 e. The van der Waals surface area contributed by atoms with Gasteiger partial charge in [-0.3, -0.25) is 4.79 Å². The molecule has 1 aromatic heterocycles. The van der Waals surface area contributed by atoms with E-state index in [9.17, 15) is 4.79 Å². The molecule has 0 atom stereocenters. The van der Waals surface area contributed by atoms with Gasteiger partial charge in [0.2, 0.25) is 0 Å². The molecule has 0 aliphatic heterocycles. The summed E-state index contributed by atoms with van der Waals surface area (Å²) in [6, 6.07) is 11.5. The molecule has 2 aromatic rings. The topological polar surface area (TPSA) is 64.2 Å². The van der Waals surface area contributed by atoms with Gasteiger partial charge in [0.1, 0.15) is 0 Å². The van der Waals surface area contributed by atoms with E-state index in [1.54, 1.807) is 15.6 Å². The molecule has 1 aliphatic rings. The smallest absolute Gasteiger partial charge is 0.274 e. The van der Waals surface area contributed by atoms with Crippen LogP contribution < -0.4 is 5.73 Å². The van der Waals surface area contributed by atoms with E-state index in [0.717, 1.165) is 24.9 Å². The summed E-state index contributed by atoms with van der Waals surface area (Å²) < 4.78 is 1.72. The normalized spacial score (nSPS) is 16.3.